The summed E-state index contributed by atoms with van der Waals surface area (Å²) in [6.45, 7) is 9.68. The summed E-state index contributed by atoms with van der Waals surface area (Å²) >= 11 is 0. The Morgan fingerprint density at radius 2 is 1.66 bits per heavy atom. The number of anilines is 1. The van der Waals surface area contributed by atoms with Crippen LogP contribution in [0.1, 0.15) is 87.2 Å². The van der Waals surface area contributed by atoms with Crippen molar-refractivity contribution >= 4 is 34.5 Å². The summed E-state index contributed by atoms with van der Waals surface area (Å²) in [5.41, 5.74) is -0.535. The number of nitrogens with one attached hydrogen (secondary N) is 1. The van der Waals surface area contributed by atoms with Crippen LogP contribution in [0.25, 0.3) is 10.9 Å². The average Bonchev–Trinajstić information content (AvgIpc) is 3.98. The highest BCUT2D eigenvalue weighted by Gasteiger charge is 2.80. The largest absolute Gasteiger partial charge is 0.496 e. The number of hydrogen-bond acceptors (Lipinski definition) is 11. The monoisotopic (exact) mass is 915 g/mol. The normalized spacial score (nSPS) is 35.2. The van der Waals surface area contributed by atoms with Crippen LogP contribution in [0, 0.1) is 11.3 Å². The van der Waals surface area contributed by atoms with Gasteiger partial charge in [0.1, 0.15) is 29.9 Å². The number of piperidine rings is 1. The predicted molar refractivity (Wildman–Crippen MR) is 254 cm³/mol. The lowest BCUT2D eigenvalue weighted by molar-refractivity contribution is -0.955. The third-order valence-corrected chi connectivity index (χ3v) is 17.6. The van der Waals surface area contributed by atoms with E-state index in [2.05, 4.69) is 71.4 Å². The molecule has 3 N–H and O–H groups in total. The summed E-state index contributed by atoms with van der Waals surface area (Å²) in [6, 6.07) is 21.6. The number of nitrogens with zero attached hydrogens (tertiary/aromatic N) is 3. The van der Waals surface area contributed by atoms with Crippen LogP contribution in [0.3, 0.4) is 0 Å². The first-order valence-corrected chi connectivity index (χ1v) is 24.3. The van der Waals surface area contributed by atoms with Crippen LogP contribution in [0.4, 0.5) is 5.69 Å². The van der Waals surface area contributed by atoms with Gasteiger partial charge in [-0.3, -0.25) is 14.5 Å². The molecule has 13 nitrogen and oxygen atoms in total. The van der Waals surface area contributed by atoms with Crippen molar-refractivity contribution in [3.8, 4) is 5.75 Å². The van der Waals surface area contributed by atoms with Gasteiger partial charge in [-0.15, -0.1) is 0 Å². The zero-order valence-electron chi connectivity index (χ0n) is 40.1. The number of H-pyrrole nitrogens is 1. The molecule has 2 bridgehead atoms. The second kappa shape index (κ2) is 16.2. The third-order valence-electron chi connectivity index (χ3n) is 17.6. The predicted octanol–water partition coefficient (Wildman–Crippen LogP) is 6.10. The van der Waals surface area contributed by atoms with E-state index in [4.69, 9.17) is 18.9 Å². The number of methoxy groups -OCH3 is 3. The Kier molecular flexibility index (Phi) is 11.0. The van der Waals surface area contributed by atoms with Gasteiger partial charge in [-0.25, -0.2) is 4.79 Å². The van der Waals surface area contributed by atoms with E-state index in [0.717, 1.165) is 59.5 Å². The van der Waals surface area contributed by atoms with Gasteiger partial charge in [0.2, 0.25) is 5.60 Å². The molecule has 5 aliphatic heterocycles. The van der Waals surface area contributed by atoms with Crippen LogP contribution >= 0.6 is 0 Å². The van der Waals surface area contributed by atoms with Crippen molar-refractivity contribution in [3.05, 3.63) is 107 Å². The minimum Gasteiger partial charge on any atom is -0.496 e. The lowest BCUT2D eigenvalue weighted by atomic mass is 9.47. The van der Waals surface area contributed by atoms with Gasteiger partial charge in [0.05, 0.1) is 40.5 Å². The molecule has 4 aromatic rings. The Hall–Kier alpha value is -5.21. The molecule has 6 heterocycles. The Balaban J connectivity index is 1.26. The van der Waals surface area contributed by atoms with Gasteiger partial charge < -0.3 is 43.5 Å². The van der Waals surface area contributed by atoms with Gasteiger partial charge in [0, 0.05) is 89.2 Å². The molecule has 0 radical (unpaired) electrons. The van der Waals surface area contributed by atoms with Gasteiger partial charge in [-0.05, 0) is 68.3 Å². The van der Waals surface area contributed by atoms with Gasteiger partial charge in [0.15, 0.2) is 6.10 Å². The number of rotatable bonds is 9. The number of benzene rings is 3. The second-order valence-electron chi connectivity index (χ2n) is 20.9. The molecular formula is C54H67N4O9+. The maximum atomic E-state index is 15.8. The summed E-state index contributed by atoms with van der Waals surface area (Å²) in [5.74, 6) is -1.61. The molecule has 3 aromatic carbocycles. The van der Waals surface area contributed by atoms with E-state index in [-0.39, 0.29) is 12.0 Å². The van der Waals surface area contributed by atoms with Crippen LogP contribution in [0.5, 0.6) is 5.75 Å². The number of quaternary nitrogens is 1. The Bertz CT molecular complexity index is 2650. The number of carbonyl (C=O) groups excluding carboxylic acids is 3. The molecule has 13 heteroatoms. The van der Waals surface area contributed by atoms with E-state index in [9.17, 15) is 19.8 Å². The number of esters is 3. The van der Waals surface area contributed by atoms with Crippen molar-refractivity contribution in [1.29, 1.82) is 0 Å². The number of aromatic nitrogens is 1. The Labute approximate surface area is 393 Å². The van der Waals surface area contributed by atoms with E-state index in [1.54, 1.807) is 7.11 Å². The number of carbonyl (C=O) groups is 3. The van der Waals surface area contributed by atoms with Crippen LogP contribution < -0.4 is 9.64 Å². The maximum absolute atomic E-state index is 15.8. The lowest BCUT2D eigenvalue weighted by Gasteiger charge is -2.63. The maximum Gasteiger partial charge on any atom is 0.344 e. The first kappa shape index (κ1) is 45.6. The van der Waals surface area contributed by atoms with Gasteiger partial charge in [0.25, 0.3) is 0 Å². The Morgan fingerprint density at radius 3 is 2.36 bits per heavy atom. The number of hydrogen-bond donors (Lipinski definition) is 3. The highest BCUT2D eigenvalue weighted by atomic mass is 16.6. The number of para-hydroxylation sites is 1. The van der Waals surface area contributed by atoms with Crippen LogP contribution in [0.2, 0.25) is 0 Å². The number of aromatic amines is 1. The van der Waals surface area contributed by atoms with Crippen LogP contribution in [0.15, 0.2) is 78.9 Å². The highest BCUT2D eigenvalue weighted by Crippen LogP contribution is 2.68. The second-order valence-corrected chi connectivity index (χ2v) is 20.9. The first-order valence-electron chi connectivity index (χ1n) is 24.3. The molecule has 1 unspecified atom stereocenters. The van der Waals surface area contributed by atoms with Crippen molar-refractivity contribution in [1.82, 2.24) is 9.88 Å². The van der Waals surface area contributed by atoms with Gasteiger partial charge >= 0.3 is 17.9 Å². The van der Waals surface area contributed by atoms with E-state index in [1.165, 1.54) is 26.7 Å². The van der Waals surface area contributed by atoms with Crippen molar-refractivity contribution in [2.45, 2.75) is 112 Å². The molecule has 6 aliphatic rings. The van der Waals surface area contributed by atoms with Gasteiger partial charge in [-0.1, -0.05) is 74.5 Å². The summed E-state index contributed by atoms with van der Waals surface area (Å²) in [4.78, 5) is 51.7. The van der Waals surface area contributed by atoms with Crippen molar-refractivity contribution in [2.75, 3.05) is 66.0 Å². The summed E-state index contributed by atoms with van der Waals surface area (Å²) < 4.78 is 25.0. The molecule has 0 amide bonds. The number of aryl methyl sites for hydroxylation is 1. The van der Waals surface area contributed by atoms with Gasteiger partial charge in [-0.2, -0.15) is 0 Å². The van der Waals surface area contributed by atoms with E-state index in [1.807, 2.05) is 43.1 Å². The van der Waals surface area contributed by atoms with Crippen molar-refractivity contribution in [3.63, 3.8) is 0 Å². The fraction of sp³-hybridized carbons (Fsp3) is 0.537. The van der Waals surface area contributed by atoms with Crippen molar-refractivity contribution < 1.29 is 48.0 Å². The quantitative estimate of drug-likeness (QED) is 0.0775. The SMILES string of the molecule is CC[C@]1(O)C[C@H]2C[C@](C(=O)OC)(c3cc4c(cc3OC)N(C)[C@H]3[C@@](O)(C(=O)OC)[C@H](OC(C)=O)[C@]5(CC)C=CCN6CC[C@]43[C@@H]65)c3[nH]c4ccccc4c3CCC[N+](Cc3ccccc3)(C2)C1. The highest BCUT2D eigenvalue weighted by molar-refractivity contribution is 5.95. The topological polar surface area (TPSA) is 151 Å². The van der Waals surface area contributed by atoms with E-state index < -0.39 is 57.5 Å². The fourth-order valence-electron chi connectivity index (χ4n) is 15.4. The molecule has 1 spiro atoms. The van der Waals surface area contributed by atoms with Crippen LogP contribution in [-0.4, -0.2) is 133 Å². The minimum absolute atomic E-state index is 0.146. The summed E-state index contributed by atoms with van der Waals surface area (Å²) in [6.07, 6.45) is 6.75. The van der Waals surface area contributed by atoms with E-state index >= 15 is 4.79 Å². The van der Waals surface area contributed by atoms with Crippen molar-refractivity contribution in [2.24, 2.45) is 11.3 Å². The van der Waals surface area contributed by atoms with E-state index in [0.29, 0.717) is 74.0 Å². The summed E-state index contributed by atoms with van der Waals surface area (Å²) in [5, 5.41) is 27.2. The number of ether oxygens (including phenoxy) is 4. The molecular weight excluding hydrogens is 849 g/mol. The standard InChI is InChI=1S/C54H67N4O9/c1-8-50(62)29-36-30-53(48(60)65-6,44-38(37-19-13-14-21-41(37)55-44)20-15-26-58(32-36,33-50)31-35-17-11-10-12-18-35)40-27-39-42(28-43(40)64-5)56(4)46-52(39)23-25-57-24-16-22-51(9-2,45(52)57)47(67-34(3)59)54(46,63)49(61)66-7/h10-14,16-19,21-22,27-28,36,45-47,55,62-63H,8-9,15,20,23-26,29-33H2,1-7H3/q+1/t36-,45-,46+,47+,50-,51+,52+,53-,54-,58?/m0/s1. The smallest absolute Gasteiger partial charge is 0.344 e. The molecule has 67 heavy (non-hydrogen) atoms. The molecule has 1 aromatic heterocycles. The molecule has 10 rings (SSSR count). The fourth-order valence-corrected chi connectivity index (χ4v) is 15.4. The molecule has 356 valence electrons. The molecule has 3 fully saturated rings. The molecule has 1 aliphatic carbocycles. The minimum atomic E-state index is -2.32. The lowest BCUT2D eigenvalue weighted by Crippen LogP contribution is -2.81. The van der Waals surface area contributed by atoms with Crippen LogP contribution in [-0.2, 0) is 52.4 Å². The number of aliphatic hydroxyl groups is 2. The number of fused-ring (bicyclic) bond motifs is 6. The molecule has 1 saturated carbocycles. The molecule has 2 saturated heterocycles. The average molecular weight is 916 g/mol. The zero-order chi connectivity index (χ0) is 47.3. The number of likely N-dealkylation sites (N-methyl/N-ethyl adjacent to an activating group) is 1. The zero-order valence-corrected chi connectivity index (χ0v) is 40.1. The Morgan fingerprint density at radius 1 is 0.910 bits per heavy atom. The molecule has 10 atom stereocenters. The first-order chi connectivity index (χ1) is 32.1. The third kappa shape index (κ3) is 6.36. The summed E-state index contributed by atoms with van der Waals surface area (Å²) in [7, 11) is 6.22.